The van der Waals surface area contributed by atoms with Crippen molar-refractivity contribution >= 4 is 11.8 Å². The zero-order valence-electron chi connectivity index (χ0n) is 13.6. The number of rotatable bonds is 3. The van der Waals surface area contributed by atoms with E-state index in [1.807, 2.05) is 6.07 Å². The molecule has 6 heteroatoms. The van der Waals surface area contributed by atoms with Crippen molar-refractivity contribution in [2.75, 3.05) is 32.8 Å². The van der Waals surface area contributed by atoms with Gasteiger partial charge >= 0.3 is 0 Å². The number of hydrogen-bond donors (Lipinski definition) is 0. The Kier molecular flexibility index (Phi) is 5.11. The zero-order valence-corrected chi connectivity index (χ0v) is 13.6. The molecule has 126 valence electrons. The number of carbonyl (C=O) groups is 2. The summed E-state index contributed by atoms with van der Waals surface area (Å²) in [5.41, 5.74) is 1.36. The molecule has 2 aliphatic heterocycles. The molecular weight excluding hydrogens is 306 g/mol. The number of benzene rings is 1. The summed E-state index contributed by atoms with van der Waals surface area (Å²) in [6.45, 7) is 2.90. The van der Waals surface area contributed by atoms with Crippen LogP contribution in [0.25, 0.3) is 0 Å². The van der Waals surface area contributed by atoms with Crippen molar-refractivity contribution in [3.8, 4) is 6.07 Å². The third-order valence-corrected chi connectivity index (χ3v) is 4.58. The van der Waals surface area contributed by atoms with Crippen molar-refractivity contribution in [3.63, 3.8) is 0 Å². The van der Waals surface area contributed by atoms with Crippen LogP contribution in [0.15, 0.2) is 24.3 Å². The van der Waals surface area contributed by atoms with Crippen molar-refractivity contribution in [3.05, 3.63) is 35.4 Å². The summed E-state index contributed by atoms with van der Waals surface area (Å²) in [4.78, 5) is 29.1. The Morgan fingerprint density at radius 2 is 2.04 bits per heavy atom. The van der Waals surface area contributed by atoms with Crippen molar-refractivity contribution in [2.24, 2.45) is 0 Å². The molecular formula is C18H21N3O3. The number of morpholine rings is 1. The van der Waals surface area contributed by atoms with E-state index in [1.165, 1.54) is 0 Å². The average Bonchev–Trinajstić information content (AvgIpc) is 3.11. The second-order valence-corrected chi connectivity index (χ2v) is 6.13. The Morgan fingerprint density at radius 3 is 2.79 bits per heavy atom. The molecule has 1 aromatic rings. The Morgan fingerprint density at radius 1 is 1.25 bits per heavy atom. The minimum atomic E-state index is -0.379. The summed E-state index contributed by atoms with van der Waals surface area (Å²) < 4.78 is 5.29. The van der Waals surface area contributed by atoms with Gasteiger partial charge in [-0.3, -0.25) is 9.59 Å². The number of carbonyl (C=O) groups excluding carboxylic acids is 2. The predicted octanol–water partition coefficient (Wildman–Crippen LogP) is 1.22. The van der Waals surface area contributed by atoms with Crippen LogP contribution >= 0.6 is 0 Å². The molecule has 2 aliphatic rings. The maximum absolute atomic E-state index is 12.8. The standard InChI is InChI=1S/C18H21N3O3/c19-7-6-14-3-1-4-15(13-14)17(22)21-8-2-5-16(21)18(23)20-9-11-24-12-10-20/h1,3-4,13,16H,2,5-6,8-12H2. The van der Waals surface area contributed by atoms with Crippen LogP contribution in [-0.2, 0) is 16.0 Å². The molecule has 24 heavy (non-hydrogen) atoms. The number of nitrogens with zero attached hydrogens (tertiary/aromatic N) is 3. The second-order valence-electron chi connectivity index (χ2n) is 6.13. The summed E-state index contributed by atoms with van der Waals surface area (Å²) in [7, 11) is 0. The van der Waals surface area contributed by atoms with Crippen LogP contribution in [0.2, 0.25) is 0 Å². The van der Waals surface area contributed by atoms with Crippen molar-refractivity contribution < 1.29 is 14.3 Å². The van der Waals surface area contributed by atoms with E-state index in [9.17, 15) is 9.59 Å². The van der Waals surface area contributed by atoms with Gasteiger partial charge in [0.1, 0.15) is 6.04 Å². The Balaban J connectivity index is 1.74. The number of hydrogen-bond acceptors (Lipinski definition) is 4. The third kappa shape index (κ3) is 3.41. The molecule has 6 nitrogen and oxygen atoms in total. The highest BCUT2D eigenvalue weighted by Gasteiger charge is 2.37. The van der Waals surface area contributed by atoms with E-state index >= 15 is 0 Å². The normalized spacial score (nSPS) is 20.7. The van der Waals surface area contributed by atoms with Crippen LogP contribution in [0.3, 0.4) is 0 Å². The molecule has 1 atom stereocenters. The van der Waals surface area contributed by atoms with Gasteiger partial charge in [-0.1, -0.05) is 12.1 Å². The lowest BCUT2D eigenvalue weighted by Crippen LogP contribution is -2.51. The highest BCUT2D eigenvalue weighted by atomic mass is 16.5. The molecule has 0 saturated carbocycles. The summed E-state index contributed by atoms with van der Waals surface area (Å²) in [6, 6.07) is 8.83. The number of ether oxygens (including phenoxy) is 1. The Labute approximate surface area is 141 Å². The lowest BCUT2D eigenvalue weighted by Gasteiger charge is -2.32. The molecule has 2 saturated heterocycles. The van der Waals surface area contributed by atoms with Gasteiger partial charge in [-0.25, -0.2) is 0 Å². The quantitative estimate of drug-likeness (QED) is 0.836. The van der Waals surface area contributed by atoms with Crippen LogP contribution in [-0.4, -0.2) is 60.5 Å². The van der Waals surface area contributed by atoms with Crippen LogP contribution in [0.1, 0.15) is 28.8 Å². The zero-order chi connectivity index (χ0) is 16.9. The van der Waals surface area contributed by atoms with Gasteiger partial charge in [0.25, 0.3) is 5.91 Å². The number of amides is 2. The van der Waals surface area contributed by atoms with E-state index in [1.54, 1.807) is 28.0 Å². The summed E-state index contributed by atoms with van der Waals surface area (Å²) >= 11 is 0. The first-order chi connectivity index (χ1) is 11.7. The highest BCUT2D eigenvalue weighted by molar-refractivity contribution is 5.98. The molecule has 0 spiro atoms. The fraction of sp³-hybridized carbons (Fsp3) is 0.500. The maximum Gasteiger partial charge on any atom is 0.254 e. The minimum absolute atomic E-state index is 0.0253. The summed E-state index contributed by atoms with van der Waals surface area (Å²) in [6.07, 6.45) is 1.82. The first kappa shape index (κ1) is 16.5. The molecule has 1 aromatic carbocycles. The first-order valence-electron chi connectivity index (χ1n) is 8.34. The van der Waals surface area contributed by atoms with E-state index in [-0.39, 0.29) is 24.3 Å². The number of nitriles is 1. The van der Waals surface area contributed by atoms with Gasteiger partial charge in [0.2, 0.25) is 5.91 Å². The molecule has 0 N–H and O–H groups in total. The lowest BCUT2D eigenvalue weighted by atomic mass is 10.1. The smallest absolute Gasteiger partial charge is 0.254 e. The van der Waals surface area contributed by atoms with E-state index in [0.717, 1.165) is 12.0 Å². The maximum atomic E-state index is 12.8. The molecule has 0 radical (unpaired) electrons. The van der Waals surface area contributed by atoms with Gasteiger partial charge in [0, 0.05) is 25.2 Å². The lowest BCUT2D eigenvalue weighted by molar-refractivity contribution is -0.139. The molecule has 2 amide bonds. The van der Waals surface area contributed by atoms with Gasteiger partial charge in [0.05, 0.1) is 25.7 Å². The fourth-order valence-corrected chi connectivity index (χ4v) is 3.33. The third-order valence-electron chi connectivity index (χ3n) is 4.58. The molecule has 3 rings (SSSR count). The van der Waals surface area contributed by atoms with Crippen molar-refractivity contribution in [1.82, 2.24) is 9.80 Å². The van der Waals surface area contributed by atoms with E-state index < -0.39 is 0 Å². The fourth-order valence-electron chi connectivity index (χ4n) is 3.33. The van der Waals surface area contributed by atoms with E-state index in [0.29, 0.717) is 44.8 Å². The molecule has 2 fully saturated rings. The molecule has 2 heterocycles. The monoisotopic (exact) mass is 327 g/mol. The van der Waals surface area contributed by atoms with Gasteiger partial charge in [0.15, 0.2) is 0 Å². The first-order valence-corrected chi connectivity index (χ1v) is 8.34. The predicted molar refractivity (Wildman–Crippen MR) is 87.2 cm³/mol. The van der Waals surface area contributed by atoms with Gasteiger partial charge in [-0.05, 0) is 30.5 Å². The van der Waals surface area contributed by atoms with Crippen molar-refractivity contribution in [2.45, 2.75) is 25.3 Å². The van der Waals surface area contributed by atoms with Gasteiger partial charge in [-0.2, -0.15) is 5.26 Å². The van der Waals surface area contributed by atoms with Crippen LogP contribution in [0, 0.1) is 11.3 Å². The summed E-state index contributed by atoms with van der Waals surface area (Å²) in [5, 5.41) is 8.81. The molecule has 0 aromatic heterocycles. The van der Waals surface area contributed by atoms with Crippen molar-refractivity contribution in [1.29, 1.82) is 5.26 Å². The Hall–Kier alpha value is -2.39. The van der Waals surface area contributed by atoms with Gasteiger partial charge < -0.3 is 14.5 Å². The van der Waals surface area contributed by atoms with Crippen LogP contribution < -0.4 is 0 Å². The SMILES string of the molecule is N#CCc1cccc(C(=O)N2CCCC2C(=O)N2CCOCC2)c1. The number of likely N-dealkylation sites (tertiary alicyclic amines) is 1. The van der Waals surface area contributed by atoms with Gasteiger partial charge in [-0.15, -0.1) is 0 Å². The molecule has 1 unspecified atom stereocenters. The topological polar surface area (TPSA) is 73.6 Å². The average molecular weight is 327 g/mol. The minimum Gasteiger partial charge on any atom is -0.378 e. The van der Waals surface area contributed by atoms with Crippen LogP contribution in [0.4, 0.5) is 0 Å². The molecule has 0 aliphatic carbocycles. The molecule has 0 bridgehead atoms. The highest BCUT2D eigenvalue weighted by Crippen LogP contribution is 2.23. The largest absolute Gasteiger partial charge is 0.378 e. The summed E-state index contributed by atoms with van der Waals surface area (Å²) in [5.74, 6) is -0.101. The van der Waals surface area contributed by atoms with Crippen LogP contribution in [0.5, 0.6) is 0 Å². The second kappa shape index (κ2) is 7.45. The van der Waals surface area contributed by atoms with E-state index in [4.69, 9.17) is 10.00 Å². The Bertz CT molecular complexity index is 662. The van der Waals surface area contributed by atoms with E-state index in [2.05, 4.69) is 6.07 Å².